The predicted molar refractivity (Wildman–Crippen MR) is 127 cm³/mol. The van der Waals surface area contributed by atoms with Gasteiger partial charge in [-0.1, -0.05) is 43.8 Å². The highest BCUT2D eigenvalue weighted by Crippen LogP contribution is 2.31. The fourth-order valence-corrected chi connectivity index (χ4v) is 5.36. The van der Waals surface area contributed by atoms with E-state index >= 15 is 0 Å². The van der Waals surface area contributed by atoms with E-state index in [1.54, 1.807) is 22.5 Å². The van der Waals surface area contributed by atoms with Crippen LogP contribution in [0.1, 0.15) is 49.4 Å². The molecule has 1 aromatic carbocycles. The van der Waals surface area contributed by atoms with E-state index in [1.165, 1.54) is 0 Å². The number of benzene rings is 1. The molecule has 5 rings (SSSR count). The fraction of sp³-hybridized carbons (Fsp3) is 0.391. The molecule has 0 spiro atoms. The Hall–Kier alpha value is -2.91. The van der Waals surface area contributed by atoms with E-state index < -0.39 is 0 Å². The first-order valence-corrected chi connectivity index (χ1v) is 12.0. The summed E-state index contributed by atoms with van der Waals surface area (Å²) in [7, 11) is 0. The SMILES string of the molecule is CC(C)c1c(Cc2ccccc2-n2cccn2)nn2c(N)nc(SC3CCNCC3)nc12. The number of para-hydroxylation sites is 1. The van der Waals surface area contributed by atoms with Gasteiger partial charge in [-0.05, 0) is 49.5 Å². The van der Waals surface area contributed by atoms with Gasteiger partial charge < -0.3 is 11.1 Å². The van der Waals surface area contributed by atoms with Gasteiger partial charge in [0.1, 0.15) is 0 Å². The Morgan fingerprint density at radius 1 is 1.16 bits per heavy atom. The van der Waals surface area contributed by atoms with Crippen LogP contribution in [0.15, 0.2) is 47.9 Å². The van der Waals surface area contributed by atoms with Crippen LogP contribution < -0.4 is 11.1 Å². The van der Waals surface area contributed by atoms with Gasteiger partial charge in [0.05, 0.1) is 11.4 Å². The molecule has 9 heteroatoms. The van der Waals surface area contributed by atoms with Crippen molar-refractivity contribution in [3.63, 3.8) is 0 Å². The number of nitrogen functional groups attached to an aromatic ring is 1. The summed E-state index contributed by atoms with van der Waals surface area (Å²) in [6, 6.07) is 10.2. The normalized spacial score (nSPS) is 15.1. The first kappa shape index (κ1) is 21.0. The molecule has 1 saturated heterocycles. The number of piperidine rings is 1. The zero-order valence-electron chi connectivity index (χ0n) is 18.4. The summed E-state index contributed by atoms with van der Waals surface area (Å²) in [6.07, 6.45) is 6.65. The van der Waals surface area contributed by atoms with Crippen molar-refractivity contribution in [2.45, 2.75) is 49.4 Å². The van der Waals surface area contributed by atoms with Crippen LogP contribution in [0.3, 0.4) is 0 Å². The Labute approximate surface area is 191 Å². The molecule has 3 N–H and O–H groups in total. The lowest BCUT2D eigenvalue weighted by Crippen LogP contribution is -2.29. The van der Waals surface area contributed by atoms with Gasteiger partial charge in [-0.25, -0.2) is 9.67 Å². The molecule has 0 atom stereocenters. The lowest BCUT2D eigenvalue weighted by molar-refractivity contribution is 0.531. The third-order valence-corrected chi connectivity index (χ3v) is 7.04. The maximum Gasteiger partial charge on any atom is 0.225 e. The molecular formula is C23H28N8S. The zero-order chi connectivity index (χ0) is 22.1. The van der Waals surface area contributed by atoms with Crippen LogP contribution >= 0.6 is 11.8 Å². The van der Waals surface area contributed by atoms with Crippen molar-refractivity contribution >= 4 is 23.4 Å². The topological polar surface area (TPSA) is 99.0 Å². The molecule has 0 bridgehead atoms. The van der Waals surface area contributed by atoms with Gasteiger partial charge in [0, 0.05) is 29.6 Å². The second-order valence-corrected chi connectivity index (χ2v) is 9.71. The predicted octanol–water partition coefficient (Wildman–Crippen LogP) is 3.45. The first-order valence-electron chi connectivity index (χ1n) is 11.1. The van der Waals surface area contributed by atoms with Crippen molar-refractivity contribution in [1.82, 2.24) is 34.7 Å². The molecule has 166 valence electrons. The zero-order valence-corrected chi connectivity index (χ0v) is 19.2. The molecule has 0 amide bonds. The maximum absolute atomic E-state index is 6.35. The number of nitrogens with zero attached hydrogens (tertiary/aromatic N) is 6. The van der Waals surface area contributed by atoms with Crippen LogP contribution in [-0.4, -0.2) is 47.7 Å². The lowest BCUT2D eigenvalue weighted by Gasteiger charge is -2.21. The minimum atomic E-state index is 0.255. The van der Waals surface area contributed by atoms with Gasteiger partial charge in [0.25, 0.3) is 0 Å². The molecule has 0 saturated carbocycles. The molecule has 32 heavy (non-hydrogen) atoms. The summed E-state index contributed by atoms with van der Waals surface area (Å²) in [5.74, 6) is 0.644. The molecule has 1 aliphatic heterocycles. The van der Waals surface area contributed by atoms with Gasteiger partial charge in [-0.3, -0.25) is 0 Å². The standard InChI is InChI=1S/C23H28N8S/c1-15(2)20-18(14-16-6-3-4-7-19(16)30-13-5-10-26-30)29-31-21(20)27-23(28-22(31)24)32-17-8-11-25-12-9-17/h3-7,10,13,15,17,25H,8-9,11-12,14H2,1-2H3,(H2,24,27,28). The van der Waals surface area contributed by atoms with E-state index in [-0.39, 0.29) is 5.92 Å². The average molecular weight is 449 g/mol. The van der Waals surface area contributed by atoms with E-state index in [2.05, 4.69) is 47.4 Å². The molecular weight excluding hydrogens is 420 g/mol. The van der Waals surface area contributed by atoms with Gasteiger partial charge in [-0.2, -0.15) is 19.7 Å². The fourth-order valence-electron chi connectivity index (χ4n) is 4.31. The summed E-state index contributed by atoms with van der Waals surface area (Å²) < 4.78 is 3.59. The van der Waals surface area contributed by atoms with Crippen LogP contribution in [0.4, 0.5) is 5.95 Å². The Kier molecular flexibility index (Phi) is 5.84. The van der Waals surface area contributed by atoms with E-state index in [0.29, 0.717) is 17.6 Å². The molecule has 3 aromatic heterocycles. The second-order valence-electron chi connectivity index (χ2n) is 8.44. The van der Waals surface area contributed by atoms with Gasteiger partial charge >= 0.3 is 0 Å². The van der Waals surface area contributed by atoms with Crippen LogP contribution in [0.5, 0.6) is 0 Å². The lowest BCUT2D eigenvalue weighted by atomic mass is 9.98. The highest BCUT2D eigenvalue weighted by Gasteiger charge is 2.23. The Morgan fingerprint density at radius 2 is 1.97 bits per heavy atom. The number of anilines is 1. The monoisotopic (exact) mass is 448 g/mol. The summed E-state index contributed by atoms with van der Waals surface area (Å²) >= 11 is 1.73. The highest BCUT2D eigenvalue weighted by atomic mass is 32.2. The molecule has 1 aliphatic rings. The van der Waals surface area contributed by atoms with Crippen LogP contribution in [0.25, 0.3) is 11.3 Å². The van der Waals surface area contributed by atoms with Crippen molar-refractivity contribution in [3.05, 3.63) is 59.5 Å². The second kappa shape index (κ2) is 8.91. The summed E-state index contributed by atoms with van der Waals surface area (Å²) in [4.78, 5) is 9.49. The number of aromatic nitrogens is 6. The molecule has 4 aromatic rings. The van der Waals surface area contributed by atoms with Crippen molar-refractivity contribution in [3.8, 4) is 5.69 Å². The third-order valence-electron chi connectivity index (χ3n) is 5.84. The Bertz CT molecular complexity index is 1210. The van der Waals surface area contributed by atoms with E-state index in [9.17, 15) is 0 Å². The number of hydrogen-bond donors (Lipinski definition) is 2. The Morgan fingerprint density at radius 3 is 2.72 bits per heavy atom. The smallest absolute Gasteiger partial charge is 0.225 e. The highest BCUT2D eigenvalue weighted by molar-refractivity contribution is 7.99. The van der Waals surface area contributed by atoms with Crippen molar-refractivity contribution < 1.29 is 0 Å². The molecule has 1 fully saturated rings. The van der Waals surface area contributed by atoms with Crippen LogP contribution in [-0.2, 0) is 6.42 Å². The maximum atomic E-state index is 6.35. The Balaban J connectivity index is 1.54. The minimum Gasteiger partial charge on any atom is -0.368 e. The number of nitrogens with two attached hydrogens (primary N) is 1. The summed E-state index contributed by atoms with van der Waals surface area (Å²) in [6.45, 7) is 6.44. The third kappa shape index (κ3) is 4.10. The van der Waals surface area contributed by atoms with E-state index in [4.69, 9.17) is 15.8 Å². The minimum absolute atomic E-state index is 0.255. The first-order chi connectivity index (χ1) is 15.6. The van der Waals surface area contributed by atoms with Gasteiger partial charge in [0.2, 0.25) is 5.95 Å². The van der Waals surface area contributed by atoms with Crippen molar-refractivity contribution in [2.75, 3.05) is 18.8 Å². The van der Waals surface area contributed by atoms with E-state index in [1.807, 2.05) is 23.0 Å². The number of hydrogen-bond acceptors (Lipinski definition) is 7. The van der Waals surface area contributed by atoms with Crippen LogP contribution in [0.2, 0.25) is 0 Å². The summed E-state index contributed by atoms with van der Waals surface area (Å²) in [5, 5.41) is 13.9. The number of fused-ring (bicyclic) bond motifs is 1. The van der Waals surface area contributed by atoms with Crippen LogP contribution in [0, 0.1) is 0 Å². The number of thioether (sulfide) groups is 1. The number of rotatable bonds is 6. The quantitative estimate of drug-likeness (QED) is 0.466. The molecule has 4 heterocycles. The summed E-state index contributed by atoms with van der Waals surface area (Å²) in [5.41, 5.74) is 11.5. The molecule has 0 unspecified atom stereocenters. The largest absolute Gasteiger partial charge is 0.368 e. The molecule has 0 aliphatic carbocycles. The van der Waals surface area contributed by atoms with Crippen molar-refractivity contribution in [1.29, 1.82) is 0 Å². The molecule has 0 radical (unpaired) electrons. The average Bonchev–Trinajstić information content (AvgIpc) is 3.43. The van der Waals surface area contributed by atoms with E-state index in [0.717, 1.165) is 59.2 Å². The van der Waals surface area contributed by atoms with Crippen molar-refractivity contribution in [2.24, 2.45) is 0 Å². The number of nitrogens with one attached hydrogen (secondary N) is 1. The molecule has 8 nitrogen and oxygen atoms in total. The van der Waals surface area contributed by atoms with Gasteiger partial charge in [-0.15, -0.1) is 0 Å². The van der Waals surface area contributed by atoms with Gasteiger partial charge in [0.15, 0.2) is 10.8 Å².